The smallest absolute Gasteiger partial charge is 0.0399 e. The van der Waals surface area contributed by atoms with Crippen LogP contribution in [0.3, 0.4) is 0 Å². The van der Waals surface area contributed by atoms with Gasteiger partial charge in [0.1, 0.15) is 0 Å². The van der Waals surface area contributed by atoms with Crippen LogP contribution in [0.4, 0.5) is 0 Å². The second-order valence-electron chi connectivity index (χ2n) is 4.28. The molecule has 0 N–H and O–H groups in total. The molecule has 84 valence electrons. The minimum atomic E-state index is 0.214. The number of benzene rings is 2. The molecule has 0 saturated heterocycles. The molecule has 2 unspecified atom stereocenters. The quantitative estimate of drug-likeness (QED) is 0.656. The molecule has 0 heterocycles. The lowest BCUT2D eigenvalue weighted by Crippen LogP contribution is -2.08. The van der Waals surface area contributed by atoms with E-state index in [4.69, 9.17) is 11.6 Å². The first kappa shape index (κ1) is 11.5. The van der Waals surface area contributed by atoms with E-state index in [0.29, 0.717) is 5.92 Å². The second kappa shape index (κ2) is 4.88. The lowest BCUT2D eigenvalue weighted by Gasteiger charge is -2.18. The van der Waals surface area contributed by atoms with Crippen molar-refractivity contribution in [2.45, 2.75) is 31.6 Å². The van der Waals surface area contributed by atoms with E-state index in [1.807, 2.05) is 0 Å². The molecule has 1 heteroatoms. The first-order valence-corrected chi connectivity index (χ1v) is 6.29. The highest BCUT2D eigenvalue weighted by Gasteiger charge is 2.16. The van der Waals surface area contributed by atoms with E-state index in [1.165, 1.54) is 16.3 Å². The van der Waals surface area contributed by atoms with Gasteiger partial charge in [-0.3, -0.25) is 0 Å². The Hall–Kier alpha value is -1.01. The lowest BCUT2D eigenvalue weighted by atomic mass is 9.91. The molecule has 0 radical (unpaired) electrons. The standard InChI is InChI=1S/C15H17Cl/c1-3-15(16)11(2)13-10-6-8-12-7-4-5-9-14(12)13/h4-11,15H,3H2,1-2H3. The van der Waals surface area contributed by atoms with Crippen LogP contribution in [0.15, 0.2) is 42.5 Å². The van der Waals surface area contributed by atoms with Crippen molar-refractivity contribution in [3.63, 3.8) is 0 Å². The van der Waals surface area contributed by atoms with Gasteiger partial charge in [-0.1, -0.05) is 56.3 Å². The second-order valence-corrected chi connectivity index (χ2v) is 4.84. The van der Waals surface area contributed by atoms with E-state index in [-0.39, 0.29) is 5.38 Å². The van der Waals surface area contributed by atoms with Crippen molar-refractivity contribution in [1.29, 1.82) is 0 Å². The summed E-state index contributed by atoms with van der Waals surface area (Å²) in [4.78, 5) is 0. The summed E-state index contributed by atoms with van der Waals surface area (Å²) in [5.74, 6) is 0.401. The van der Waals surface area contributed by atoms with Crippen LogP contribution >= 0.6 is 11.6 Å². The summed E-state index contributed by atoms with van der Waals surface area (Å²) in [6.07, 6.45) is 1.01. The third-order valence-electron chi connectivity index (χ3n) is 3.25. The topological polar surface area (TPSA) is 0 Å². The third kappa shape index (κ3) is 2.08. The fourth-order valence-electron chi connectivity index (χ4n) is 2.20. The Labute approximate surface area is 102 Å². The number of rotatable bonds is 3. The molecule has 2 atom stereocenters. The predicted octanol–water partition coefficient (Wildman–Crippen LogP) is 4.96. The number of hydrogen-bond acceptors (Lipinski definition) is 0. The number of halogens is 1. The van der Waals surface area contributed by atoms with E-state index >= 15 is 0 Å². The van der Waals surface area contributed by atoms with Gasteiger partial charge in [-0.2, -0.15) is 0 Å². The summed E-state index contributed by atoms with van der Waals surface area (Å²) in [7, 11) is 0. The summed E-state index contributed by atoms with van der Waals surface area (Å²) in [5, 5.41) is 2.84. The van der Waals surface area contributed by atoms with Crippen LogP contribution in [0.25, 0.3) is 10.8 Å². The number of hydrogen-bond donors (Lipinski definition) is 0. The molecule has 0 nitrogen and oxygen atoms in total. The molecule has 0 aliphatic rings. The normalized spacial score (nSPS) is 14.9. The van der Waals surface area contributed by atoms with Crippen molar-refractivity contribution in [2.75, 3.05) is 0 Å². The van der Waals surface area contributed by atoms with Crippen LogP contribution in [-0.4, -0.2) is 5.38 Å². The molecule has 0 aliphatic heterocycles. The minimum Gasteiger partial charge on any atom is -0.122 e. The Bertz CT molecular complexity index is 470. The summed E-state index contributed by atoms with van der Waals surface area (Å²) in [6.45, 7) is 4.35. The molecule has 0 aliphatic carbocycles. The van der Waals surface area contributed by atoms with Gasteiger partial charge in [-0.15, -0.1) is 11.6 Å². The molecule has 2 aromatic carbocycles. The molecule has 0 saturated carbocycles. The Morgan fingerprint density at radius 3 is 2.50 bits per heavy atom. The van der Waals surface area contributed by atoms with Crippen LogP contribution in [0.2, 0.25) is 0 Å². The van der Waals surface area contributed by atoms with Crippen LogP contribution < -0.4 is 0 Å². The zero-order valence-corrected chi connectivity index (χ0v) is 10.5. The zero-order chi connectivity index (χ0) is 11.5. The molecule has 2 rings (SSSR count). The number of fused-ring (bicyclic) bond motifs is 1. The highest BCUT2D eigenvalue weighted by molar-refractivity contribution is 6.21. The van der Waals surface area contributed by atoms with Crippen molar-refractivity contribution in [1.82, 2.24) is 0 Å². The van der Waals surface area contributed by atoms with Gasteiger partial charge >= 0.3 is 0 Å². The van der Waals surface area contributed by atoms with E-state index in [1.54, 1.807) is 0 Å². The van der Waals surface area contributed by atoms with E-state index in [9.17, 15) is 0 Å². The van der Waals surface area contributed by atoms with E-state index < -0.39 is 0 Å². The van der Waals surface area contributed by atoms with Gasteiger partial charge < -0.3 is 0 Å². The maximum absolute atomic E-state index is 6.35. The van der Waals surface area contributed by atoms with Crippen LogP contribution in [0.1, 0.15) is 31.7 Å². The molecule has 0 bridgehead atoms. The molecular weight excluding hydrogens is 216 g/mol. The van der Waals surface area contributed by atoms with Crippen LogP contribution in [0, 0.1) is 0 Å². The fraction of sp³-hybridized carbons (Fsp3) is 0.333. The van der Waals surface area contributed by atoms with E-state index in [2.05, 4.69) is 56.3 Å². The van der Waals surface area contributed by atoms with Crippen molar-refractivity contribution < 1.29 is 0 Å². The molecule has 2 aromatic rings. The molecule has 16 heavy (non-hydrogen) atoms. The summed E-state index contributed by atoms with van der Waals surface area (Å²) in [5.41, 5.74) is 1.36. The Balaban J connectivity index is 2.52. The van der Waals surface area contributed by atoms with Gasteiger partial charge in [0.05, 0.1) is 0 Å². The molecule has 0 amide bonds. The number of alkyl halides is 1. The monoisotopic (exact) mass is 232 g/mol. The van der Waals surface area contributed by atoms with Crippen LogP contribution in [0.5, 0.6) is 0 Å². The summed E-state index contributed by atoms with van der Waals surface area (Å²) in [6, 6.07) is 15.0. The van der Waals surface area contributed by atoms with Gasteiger partial charge in [0.15, 0.2) is 0 Å². The predicted molar refractivity (Wildman–Crippen MR) is 72.3 cm³/mol. The lowest BCUT2D eigenvalue weighted by molar-refractivity contribution is 0.679. The maximum Gasteiger partial charge on any atom is 0.0399 e. The first-order valence-electron chi connectivity index (χ1n) is 5.85. The van der Waals surface area contributed by atoms with Crippen molar-refractivity contribution >= 4 is 22.4 Å². The summed E-state index contributed by atoms with van der Waals surface area (Å²) >= 11 is 6.35. The van der Waals surface area contributed by atoms with Crippen molar-refractivity contribution in [2.24, 2.45) is 0 Å². The molecule has 0 spiro atoms. The van der Waals surface area contributed by atoms with Crippen LogP contribution in [-0.2, 0) is 0 Å². The third-order valence-corrected chi connectivity index (χ3v) is 3.93. The van der Waals surface area contributed by atoms with E-state index in [0.717, 1.165) is 6.42 Å². The Morgan fingerprint density at radius 1 is 1.06 bits per heavy atom. The molecule has 0 fully saturated rings. The summed E-state index contributed by atoms with van der Waals surface area (Å²) < 4.78 is 0. The Morgan fingerprint density at radius 2 is 1.75 bits per heavy atom. The van der Waals surface area contributed by atoms with Gasteiger partial charge in [-0.05, 0) is 28.7 Å². The van der Waals surface area contributed by atoms with Crippen molar-refractivity contribution in [3.8, 4) is 0 Å². The first-order chi connectivity index (χ1) is 7.74. The Kier molecular flexibility index (Phi) is 3.50. The van der Waals surface area contributed by atoms with Gasteiger partial charge in [0.25, 0.3) is 0 Å². The average Bonchev–Trinajstić information content (AvgIpc) is 2.36. The highest BCUT2D eigenvalue weighted by Crippen LogP contribution is 2.30. The highest BCUT2D eigenvalue weighted by atomic mass is 35.5. The largest absolute Gasteiger partial charge is 0.122 e. The van der Waals surface area contributed by atoms with Gasteiger partial charge in [0, 0.05) is 5.38 Å². The SMILES string of the molecule is CCC(Cl)C(C)c1cccc2ccccc12. The van der Waals surface area contributed by atoms with Gasteiger partial charge in [-0.25, -0.2) is 0 Å². The maximum atomic E-state index is 6.35. The molecular formula is C15H17Cl. The zero-order valence-electron chi connectivity index (χ0n) is 9.78. The minimum absolute atomic E-state index is 0.214. The molecule has 0 aromatic heterocycles. The fourth-order valence-corrected chi connectivity index (χ4v) is 2.33. The average molecular weight is 233 g/mol. The van der Waals surface area contributed by atoms with Gasteiger partial charge in [0.2, 0.25) is 0 Å². The van der Waals surface area contributed by atoms with Crippen molar-refractivity contribution in [3.05, 3.63) is 48.0 Å².